The molecule has 5 aliphatic rings. The van der Waals surface area contributed by atoms with E-state index in [2.05, 4.69) is 35.9 Å². The van der Waals surface area contributed by atoms with Crippen molar-refractivity contribution in [3.63, 3.8) is 0 Å². The number of aryl methyl sites for hydroxylation is 2. The molecule has 3 saturated heterocycles. The van der Waals surface area contributed by atoms with Crippen LogP contribution in [0.4, 0.5) is 46.4 Å². The molecule has 2 aromatic carbocycles. The molecular weight excluding hydrogens is 846 g/mol. The van der Waals surface area contributed by atoms with Crippen molar-refractivity contribution in [2.45, 2.75) is 56.2 Å². The normalized spacial score (nSPS) is 24.2. The third-order valence-corrected chi connectivity index (χ3v) is 13.6. The van der Waals surface area contributed by atoms with Crippen molar-refractivity contribution < 1.29 is 31.9 Å². The minimum absolute atomic E-state index is 0.0804. The van der Waals surface area contributed by atoms with Gasteiger partial charge in [-0.05, 0) is 61.9 Å². The lowest BCUT2D eigenvalue weighted by Crippen LogP contribution is -2.51. The summed E-state index contributed by atoms with van der Waals surface area (Å²) in [6, 6.07) is 7.52. The number of aromatic nitrogens is 5. The van der Waals surface area contributed by atoms with Gasteiger partial charge in [-0.3, -0.25) is 29.3 Å². The lowest BCUT2D eigenvalue weighted by Gasteiger charge is -2.40. The maximum atomic E-state index is 16.1. The van der Waals surface area contributed by atoms with E-state index in [0.29, 0.717) is 110 Å². The van der Waals surface area contributed by atoms with Crippen molar-refractivity contribution in [1.29, 1.82) is 0 Å². The molecule has 1 unspecified atom stereocenters. The highest BCUT2D eigenvalue weighted by Gasteiger charge is 2.51. The van der Waals surface area contributed by atoms with Crippen molar-refractivity contribution >= 4 is 74.0 Å². The number of hydrogen-bond acceptors (Lipinski definition) is 12. The van der Waals surface area contributed by atoms with Crippen LogP contribution in [0.5, 0.6) is 5.75 Å². The van der Waals surface area contributed by atoms with Crippen LogP contribution in [0.2, 0.25) is 5.02 Å². The fourth-order valence-corrected chi connectivity index (χ4v) is 9.80. The van der Waals surface area contributed by atoms with Gasteiger partial charge in [0.25, 0.3) is 5.56 Å². The number of halogens is 5. The topological polar surface area (TPSA) is 155 Å². The second-order valence-electron chi connectivity index (χ2n) is 17.4. The molecule has 3 aromatic heterocycles. The summed E-state index contributed by atoms with van der Waals surface area (Å²) in [5.74, 6) is -5.00. The second kappa shape index (κ2) is 15.8. The Bertz CT molecular complexity index is 2720. The number of imide groups is 1. The van der Waals surface area contributed by atoms with Gasteiger partial charge < -0.3 is 29.7 Å². The average Bonchev–Trinajstić information content (AvgIpc) is 4.06. The number of carbonyl (C=O) groups excluding carboxylic acids is 2. The van der Waals surface area contributed by atoms with Crippen molar-refractivity contribution in [1.82, 2.24) is 34.5 Å². The van der Waals surface area contributed by atoms with E-state index in [-0.39, 0.29) is 53.0 Å². The first-order chi connectivity index (χ1) is 30.2. The Hall–Kier alpha value is -5.69. The van der Waals surface area contributed by atoms with Crippen molar-refractivity contribution in [3.8, 4) is 5.75 Å². The molecule has 1 aliphatic carbocycles. The molecule has 7 heterocycles. The number of piperazine rings is 1. The molecule has 4 fully saturated rings. The van der Waals surface area contributed by atoms with Crippen LogP contribution in [0.25, 0.3) is 21.8 Å². The molecule has 0 radical (unpaired) electrons. The number of amides is 2. The smallest absolute Gasteiger partial charge is 0.301 e. The summed E-state index contributed by atoms with van der Waals surface area (Å²) in [6.45, 7) is 2.58. The monoisotopic (exact) mass is 891 g/mol. The number of alkyl halides is 3. The third kappa shape index (κ3) is 7.55. The number of nitrogens with zero attached hydrogens (tertiary/aromatic N) is 8. The van der Waals surface area contributed by atoms with E-state index in [9.17, 15) is 14.4 Å². The summed E-state index contributed by atoms with van der Waals surface area (Å²) in [7, 11) is 3.21. The molecule has 4 atom stereocenters. The zero-order valence-electron chi connectivity index (χ0n) is 34.6. The lowest BCUT2D eigenvalue weighted by atomic mass is 9.92. The van der Waals surface area contributed by atoms with Gasteiger partial charge in [-0.2, -0.15) is 10.1 Å². The van der Waals surface area contributed by atoms with Crippen LogP contribution in [0.15, 0.2) is 41.3 Å². The highest BCUT2D eigenvalue weighted by molar-refractivity contribution is 6.33. The number of anilines is 5. The first kappa shape index (κ1) is 41.3. The summed E-state index contributed by atoms with van der Waals surface area (Å²) in [5, 5.41) is 14.3. The molecule has 0 bridgehead atoms. The fraction of sp³-hybridized carbons (Fsp3) is 0.488. The Morgan fingerprint density at radius 1 is 0.984 bits per heavy atom. The first-order valence-corrected chi connectivity index (χ1v) is 21.7. The first-order valence-electron chi connectivity index (χ1n) is 21.3. The van der Waals surface area contributed by atoms with E-state index < -0.39 is 47.9 Å². The summed E-state index contributed by atoms with van der Waals surface area (Å²) < 4.78 is 70.7. The molecule has 332 valence electrons. The van der Waals surface area contributed by atoms with Gasteiger partial charge >= 0.3 is 5.92 Å². The summed E-state index contributed by atoms with van der Waals surface area (Å²) in [5.41, 5.74) is 1.95. The van der Waals surface area contributed by atoms with Gasteiger partial charge in [-0.15, -0.1) is 0 Å². The zero-order valence-corrected chi connectivity index (χ0v) is 35.4. The Balaban J connectivity index is 0.784. The quantitative estimate of drug-likeness (QED) is 0.134. The number of hydrogen-bond donors (Lipinski definition) is 3. The molecule has 1 saturated carbocycles. The predicted octanol–water partition coefficient (Wildman–Crippen LogP) is 5.48. The summed E-state index contributed by atoms with van der Waals surface area (Å²) in [4.78, 5) is 52.6. The molecule has 3 N–H and O–H groups in total. The predicted molar refractivity (Wildman–Crippen MR) is 230 cm³/mol. The van der Waals surface area contributed by atoms with Gasteiger partial charge in [0, 0.05) is 82.2 Å². The van der Waals surface area contributed by atoms with Crippen LogP contribution in [0, 0.1) is 17.7 Å². The molecular formula is C43H46ClF4N11O4. The largest absolute Gasteiger partial charge is 0.480 e. The number of benzene rings is 2. The van der Waals surface area contributed by atoms with Gasteiger partial charge in [0.05, 0.1) is 47.3 Å². The zero-order chi connectivity index (χ0) is 43.9. The van der Waals surface area contributed by atoms with E-state index in [1.807, 2.05) is 4.90 Å². The second-order valence-corrected chi connectivity index (χ2v) is 17.8. The number of piperidine rings is 2. The van der Waals surface area contributed by atoms with Gasteiger partial charge in [-0.1, -0.05) is 11.6 Å². The van der Waals surface area contributed by atoms with E-state index in [0.717, 1.165) is 0 Å². The van der Waals surface area contributed by atoms with E-state index in [1.54, 1.807) is 49.3 Å². The van der Waals surface area contributed by atoms with Crippen molar-refractivity contribution in [2.75, 3.05) is 72.9 Å². The number of carbonyl (C=O) groups is 2. The molecule has 4 aliphatic heterocycles. The van der Waals surface area contributed by atoms with Crippen LogP contribution in [-0.2, 0) is 23.7 Å². The van der Waals surface area contributed by atoms with Crippen LogP contribution in [0.3, 0.4) is 0 Å². The van der Waals surface area contributed by atoms with Gasteiger partial charge in [-0.25, -0.2) is 22.5 Å². The van der Waals surface area contributed by atoms with E-state index >= 15 is 17.6 Å². The summed E-state index contributed by atoms with van der Waals surface area (Å²) in [6.07, 6.45) is 2.70. The van der Waals surface area contributed by atoms with Crippen LogP contribution in [0.1, 0.15) is 43.7 Å². The summed E-state index contributed by atoms with van der Waals surface area (Å²) >= 11 is 6.57. The third-order valence-electron chi connectivity index (χ3n) is 13.3. The Morgan fingerprint density at radius 3 is 2.52 bits per heavy atom. The van der Waals surface area contributed by atoms with Crippen molar-refractivity contribution in [3.05, 3.63) is 63.4 Å². The number of fused-ring (bicyclic) bond motifs is 4. The lowest BCUT2D eigenvalue weighted by molar-refractivity contribution is -0.134. The highest BCUT2D eigenvalue weighted by Crippen LogP contribution is 2.46. The minimum atomic E-state index is -3.17. The molecule has 2 amide bonds. The Labute approximate surface area is 363 Å². The van der Waals surface area contributed by atoms with E-state index in [1.165, 1.54) is 15.4 Å². The number of nitrogens with one attached hydrogen (secondary N) is 3. The molecule has 10 rings (SSSR count). The maximum absolute atomic E-state index is 16.1. The van der Waals surface area contributed by atoms with Gasteiger partial charge in [0.2, 0.25) is 23.5 Å². The van der Waals surface area contributed by atoms with Crippen molar-refractivity contribution in [2.24, 2.45) is 25.9 Å². The van der Waals surface area contributed by atoms with Gasteiger partial charge in [0.1, 0.15) is 16.7 Å². The number of pyridine rings is 1. The molecule has 63 heavy (non-hydrogen) atoms. The molecule has 20 heteroatoms. The van der Waals surface area contributed by atoms with E-state index in [4.69, 9.17) is 16.3 Å². The number of rotatable bonds is 8. The molecule has 0 spiro atoms. The van der Waals surface area contributed by atoms with Crippen LogP contribution < -0.4 is 36.0 Å². The minimum Gasteiger partial charge on any atom is -0.480 e. The van der Waals surface area contributed by atoms with Crippen LogP contribution in [-0.4, -0.2) is 112 Å². The van der Waals surface area contributed by atoms with Crippen LogP contribution >= 0.6 is 11.6 Å². The maximum Gasteiger partial charge on any atom is 0.301 e. The highest BCUT2D eigenvalue weighted by atomic mass is 35.5. The van der Waals surface area contributed by atoms with Gasteiger partial charge in [0.15, 0.2) is 18.2 Å². The number of ether oxygens (including phenoxy) is 1. The SMILES string of the molecule is Cn1nc(C2CCC(=O)NC2=O)c2ccc(N3CCN(C[C@@H]4CCN(c5ncc(Cl)c(Nc6ccc7c(c6)c6c(c(=O)n7C)OCC(F)(F)[C@H](C7CC7)N6)n5)C[C@@H]4F)CC3)c(F)c21. The Morgan fingerprint density at radius 2 is 1.78 bits per heavy atom. The standard InChI is InChI=1S/C43H46ClF4N11O4/c1-55-30-8-5-24(17-27(30)35-37(41(55)62)63-21-43(47,48)38(52-35)22-3-4-22)50-39-28(44)18-49-42(53-39)59-12-11-23(29(45)20-59)19-57-13-15-58(16-14-57)31-9-6-25-34(54-56(2)36(25)33(31)46)26-7-10-32(60)51-40(26)61/h5-6,8-9,17-18,22-23,26,29,38,52H,3-4,7,10-16,19-21H2,1-2H3,(H,49,50,53)(H,51,60,61)/t23-,26?,29-,38-/m0/s1. The fourth-order valence-electron chi connectivity index (χ4n) is 9.66. The Kier molecular flexibility index (Phi) is 10.4. The molecule has 15 nitrogen and oxygen atoms in total. The molecule has 5 aromatic rings. The average molecular weight is 892 g/mol.